The van der Waals surface area contributed by atoms with Crippen molar-refractivity contribution in [2.75, 3.05) is 5.32 Å². The Bertz CT molecular complexity index is 1090. The number of aromatic nitrogens is 3. The van der Waals surface area contributed by atoms with Crippen LogP contribution in [-0.4, -0.2) is 15.0 Å². The van der Waals surface area contributed by atoms with Crippen molar-refractivity contribution in [3.63, 3.8) is 0 Å². The molecule has 0 saturated heterocycles. The van der Waals surface area contributed by atoms with E-state index in [1.807, 2.05) is 36.4 Å². The highest BCUT2D eigenvalue weighted by atomic mass is 35.5. The van der Waals surface area contributed by atoms with Gasteiger partial charge in [-0.15, -0.1) is 0 Å². The molecule has 0 unspecified atom stereocenters. The summed E-state index contributed by atoms with van der Waals surface area (Å²) in [6.45, 7) is 0.553. The number of rotatable bonds is 5. The normalized spacial score (nSPS) is 10.6. The molecule has 4 aromatic rings. The molecule has 4 rings (SSSR count). The molecule has 6 heteroatoms. The average Bonchev–Trinajstić information content (AvgIpc) is 2.74. The number of pyridine rings is 1. The zero-order valence-corrected chi connectivity index (χ0v) is 15.6. The minimum absolute atomic E-state index is 0.331. The van der Waals surface area contributed by atoms with Gasteiger partial charge in [0.1, 0.15) is 11.6 Å². The van der Waals surface area contributed by atoms with Gasteiger partial charge in [-0.2, -0.15) is 0 Å². The van der Waals surface area contributed by atoms with Gasteiger partial charge in [-0.3, -0.25) is 4.98 Å². The van der Waals surface area contributed by atoms with E-state index >= 15 is 0 Å². The van der Waals surface area contributed by atoms with Gasteiger partial charge in [0.25, 0.3) is 0 Å². The summed E-state index contributed by atoms with van der Waals surface area (Å²) in [5.41, 5.74) is 2.74. The zero-order chi connectivity index (χ0) is 19.3. The van der Waals surface area contributed by atoms with Gasteiger partial charge in [0.2, 0.25) is 0 Å². The third-order valence-corrected chi connectivity index (χ3v) is 4.43. The number of hydrogen-bond donors (Lipinski definition) is 1. The SMILES string of the molecule is Fc1ccccc1-c1cc(NCc2ccc(Cl)cc2)nc(-c2cccnc2)n1. The Labute approximate surface area is 167 Å². The lowest BCUT2D eigenvalue weighted by Crippen LogP contribution is -2.04. The van der Waals surface area contributed by atoms with Crippen LogP contribution in [0.25, 0.3) is 22.6 Å². The molecule has 4 nitrogen and oxygen atoms in total. The van der Waals surface area contributed by atoms with Crippen LogP contribution in [0.2, 0.25) is 5.02 Å². The summed E-state index contributed by atoms with van der Waals surface area (Å²) >= 11 is 5.94. The molecule has 0 radical (unpaired) electrons. The van der Waals surface area contributed by atoms with Crippen molar-refractivity contribution in [3.05, 3.63) is 95.5 Å². The highest BCUT2D eigenvalue weighted by molar-refractivity contribution is 6.30. The van der Waals surface area contributed by atoms with E-state index < -0.39 is 0 Å². The average molecular weight is 391 g/mol. The molecule has 0 aliphatic heterocycles. The molecule has 0 saturated carbocycles. The topological polar surface area (TPSA) is 50.7 Å². The van der Waals surface area contributed by atoms with Crippen LogP contribution in [-0.2, 0) is 6.54 Å². The van der Waals surface area contributed by atoms with E-state index in [9.17, 15) is 4.39 Å². The molecule has 0 fully saturated rings. The van der Waals surface area contributed by atoms with E-state index in [4.69, 9.17) is 11.6 Å². The summed E-state index contributed by atoms with van der Waals surface area (Å²) in [6, 6.07) is 19.5. The van der Waals surface area contributed by atoms with Crippen LogP contribution in [0.15, 0.2) is 79.1 Å². The lowest BCUT2D eigenvalue weighted by Gasteiger charge is -2.11. The first-order valence-corrected chi connectivity index (χ1v) is 9.09. The van der Waals surface area contributed by atoms with Crippen molar-refractivity contribution in [1.29, 1.82) is 0 Å². The van der Waals surface area contributed by atoms with Crippen LogP contribution in [0, 0.1) is 5.82 Å². The maximum Gasteiger partial charge on any atom is 0.163 e. The highest BCUT2D eigenvalue weighted by Gasteiger charge is 2.12. The quantitative estimate of drug-likeness (QED) is 0.481. The van der Waals surface area contributed by atoms with E-state index in [2.05, 4.69) is 20.3 Å². The number of halogens is 2. The molecule has 138 valence electrons. The number of anilines is 1. The maximum atomic E-state index is 14.3. The van der Waals surface area contributed by atoms with Crippen LogP contribution < -0.4 is 5.32 Å². The predicted molar refractivity (Wildman–Crippen MR) is 109 cm³/mol. The fraction of sp³-hybridized carbons (Fsp3) is 0.0455. The number of nitrogens with one attached hydrogen (secondary N) is 1. The Kier molecular flexibility index (Phi) is 5.26. The van der Waals surface area contributed by atoms with Crippen LogP contribution >= 0.6 is 11.6 Å². The number of hydrogen-bond acceptors (Lipinski definition) is 4. The zero-order valence-electron chi connectivity index (χ0n) is 14.8. The monoisotopic (exact) mass is 390 g/mol. The molecule has 0 amide bonds. The highest BCUT2D eigenvalue weighted by Crippen LogP contribution is 2.26. The third-order valence-electron chi connectivity index (χ3n) is 4.18. The van der Waals surface area contributed by atoms with E-state index in [0.29, 0.717) is 34.5 Å². The fourth-order valence-electron chi connectivity index (χ4n) is 2.76. The van der Waals surface area contributed by atoms with Gasteiger partial charge in [-0.25, -0.2) is 14.4 Å². The lowest BCUT2D eigenvalue weighted by atomic mass is 10.1. The van der Waals surface area contributed by atoms with Crippen molar-refractivity contribution in [2.24, 2.45) is 0 Å². The van der Waals surface area contributed by atoms with Crippen molar-refractivity contribution in [1.82, 2.24) is 15.0 Å². The molecule has 2 heterocycles. The summed E-state index contributed by atoms with van der Waals surface area (Å²) in [5, 5.41) is 3.97. The molecule has 0 spiro atoms. The molecule has 28 heavy (non-hydrogen) atoms. The Morgan fingerprint density at radius 2 is 1.75 bits per heavy atom. The Balaban J connectivity index is 1.71. The van der Waals surface area contributed by atoms with Crippen molar-refractivity contribution in [2.45, 2.75) is 6.54 Å². The summed E-state index contributed by atoms with van der Waals surface area (Å²) in [6.07, 6.45) is 3.37. The Hall–Kier alpha value is -3.31. The number of nitrogens with zero attached hydrogens (tertiary/aromatic N) is 3. The van der Waals surface area contributed by atoms with E-state index in [-0.39, 0.29) is 5.82 Å². The van der Waals surface area contributed by atoms with E-state index in [1.54, 1.807) is 36.7 Å². The summed E-state index contributed by atoms with van der Waals surface area (Å²) in [7, 11) is 0. The molecule has 0 atom stereocenters. The van der Waals surface area contributed by atoms with E-state index in [0.717, 1.165) is 11.1 Å². The Morgan fingerprint density at radius 3 is 2.50 bits per heavy atom. The third kappa shape index (κ3) is 4.15. The minimum atomic E-state index is -0.331. The Morgan fingerprint density at radius 1 is 0.929 bits per heavy atom. The van der Waals surface area contributed by atoms with Crippen LogP contribution in [0.1, 0.15) is 5.56 Å². The molecule has 2 aromatic heterocycles. The maximum absolute atomic E-state index is 14.3. The first-order chi connectivity index (χ1) is 13.7. The van der Waals surface area contributed by atoms with E-state index in [1.165, 1.54) is 6.07 Å². The second-order valence-corrected chi connectivity index (χ2v) is 6.60. The standard InChI is InChI=1S/C22H16ClFN4/c23-17-9-7-15(8-10-17)13-26-21-12-20(18-5-1-2-6-19(18)24)27-22(28-21)16-4-3-11-25-14-16/h1-12,14H,13H2,(H,26,27,28). The fourth-order valence-corrected chi connectivity index (χ4v) is 2.89. The van der Waals surface area contributed by atoms with Crippen LogP contribution in [0.4, 0.5) is 10.2 Å². The lowest BCUT2D eigenvalue weighted by molar-refractivity contribution is 0.630. The minimum Gasteiger partial charge on any atom is -0.366 e. The van der Waals surface area contributed by atoms with Crippen LogP contribution in [0.3, 0.4) is 0 Å². The summed E-state index contributed by atoms with van der Waals surface area (Å²) in [4.78, 5) is 13.3. The molecular weight excluding hydrogens is 375 g/mol. The molecule has 0 aliphatic rings. The van der Waals surface area contributed by atoms with Gasteiger partial charge in [0.05, 0.1) is 5.69 Å². The molecule has 0 bridgehead atoms. The number of benzene rings is 2. The second kappa shape index (κ2) is 8.15. The molecule has 1 N–H and O–H groups in total. The van der Waals surface area contributed by atoms with Crippen molar-refractivity contribution in [3.8, 4) is 22.6 Å². The first-order valence-electron chi connectivity index (χ1n) is 8.72. The van der Waals surface area contributed by atoms with Crippen LogP contribution in [0.5, 0.6) is 0 Å². The largest absolute Gasteiger partial charge is 0.366 e. The first kappa shape index (κ1) is 18.1. The smallest absolute Gasteiger partial charge is 0.163 e. The van der Waals surface area contributed by atoms with Gasteiger partial charge in [-0.05, 0) is 42.0 Å². The molecular formula is C22H16ClFN4. The molecule has 2 aromatic carbocycles. The summed E-state index contributed by atoms with van der Waals surface area (Å²) in [5.74, 6) is 0.747. The molecule has 0 aliphatic carbocycles. The van der Waals surface area contributed by atoms with Crippen molar-refractivity contribution < 1.29 is 4.39 Å². The van der Waals surface area contributed by atoms with Gasteiger partial charge in [0, 0.05) is 41.2 Å². The van der Waals surface area contributed by atoms with Crippen molar-refractivity contribution >= 4 is 17.4 Å². The van der Waals surface area contributed by atoms with Gasteiger partial charge in [0.15, 0.2) is 5.82 Å². The van der Waals surface area contributed by atoms with Gasteiger partial charge in [-0.1, -0.05) is 35.9 Å². The van der Waals surface area contributed by atoms with Gasteiger partial charge < -0.3 is 5.32 Å². The summed E-state index contributed by atoms with van der Waals surface area (Å²) < 4.78 is 14.3. The van der Waals surface area contributed by atoms with Gasteiger partial charge >= 0.3 is 0 Å². The second-order valence-electron chi connectivity index (χ2n) is 6.16. The predicted octanol–water partition coefficient (Wildman–Crippen LogP) is 5.61.